The molecule has 3 rings (SSSR count). The Morgan fingerprint density at radius 3 is 2.15 bits per heavy atom. The molecule has 0 saturated carbocycles. The lowest BCUT2D eigenvalue weighted by Gasteiger charge is -2.22. The maximum Gasteiger partial charge on any atom is 0.338 e. The third kappa shape index (κ3) is 6.42. The van der Waals surface area contributed by atoms with Crippen molar-refractivity contribution in [2.45, 2.75) is 59.8 Å². The fraction of sp³-hybridized carbons (Fsp3) is 0.393. The molecule has 210 valence electrons. The molecule has 0 unspecified atom stereocenters. The average Bonchev–Trinajstić information content (AvgIpc) is 3.11. The number of rotatable bonds is 7. The molecule has 0 saturated heterocycles. The molecular formula is C28H34N2O8S. The lowest BCUT2D eigenvalue weighted by atomic mass is 9.97. The first-order chi connectivity index (χ1) is 18.0. The van der Waals surface area contributed by atoms with Crippen molar-refractivity contribution in [3.63, 3.8) is 0 Å². The highest BCUT2D eigenvalue weighted by molar-refractivity contribution is 7.92. The minimum Gasteiger partial charge on any atom is -0.497 e. The standard InChI is InChI=1S/C28H34N2O8S/c1-9-22(37-25(32)27(2,3)4)23-20-14-13-17(29-39(34,35)19-12-10-11-18(16-19)36-8)15-21(20)30(24(23)31)38-26(33)28(5,6)7/h10-16,29H,9H2,1-8H3/b23-22-. The highest BCUT2D eigenvalue weighted by Gasteiger charge is 2.41. The molecule has 0 aliphatic carbocycles. The Morgan fingerprint density at radius 2 is 1.59 bits per heavy atom. The highest BCUT2D eigenvalue weighted by Crippen LogP contribution is 2.42. The van der Waals surface area contributed by atoms with E-state index in [4.69, 9.17) is 14.3 Å². The zero-order valence-corrected chi connectivity index (χ0v) is 24.2. The van der Waals surface area contributed by atoms with Crippen LogP contribution in [0.2, 0.25) is 0 Å². The number of carbonyl (C=O) groups excluding carboxylic acids is 3. The Balaban J connectivity index is 2.11. The quantitative estimate of drug-likeness (QED) is 0.284. The van der Waals surface area contributed by atoms with E-state index < -0.39 is 38.7 Å². The lowest BCUT2D eigenvalue weighted by molar-refractivity contribution is -0.157. The van der Waals surface area contributed by atoms with Crippen molar-refractivity contribution in [2.24, 2.45) is 10.8 Å². The number of methoxy groups -OCH3 is 1. The fourth-order valence-corrected chi connectivity index (χ4v) is 4.51. The third-order valence-electron chi connectivity index (χ3n) is 5.70. The van der Waals surface area contributed by atoms with E-state index in [1.165, 1.54) is 37.4 Å². The molecule has 10 nitrogen and oxygen atoms in total. The second kappa shape index (κ2) is 10.7. The fourth-order valence-electron chi connectivity index (χ4n) is 3.43. The molecule has 0 fully saturated rings. The van der Waals surface area contributed by atoms with Crippen LogP contribution in [0.1, 0.15) is 60.5 Å². The van der Waals surface area contributed by atoms with Gasteiger partial charge in [0.2, 0.25) is 0 Å². The third-order valence-corrected chi connectivity index (χ3v) is 7.08. The normalized spacial score (nSPS) is 15.0. The summed E-state index contributed by atoms with van der Waals surface area (Å²) in [6, 6.07) is 10.3. The van der Waals surface area contributed by atoms with Crippen LogP contribution in [0.5, 0.6) is 5.75 Å². The maximum absolute atomic E-state index is 13.6. The number of benzene rings is 2. The molecule has 11 heteroatoms. The van der Waals surface area contributed by atoms with Gasteiger partial charge in [-0.2, -0.15) is 0 Å². The number of esters is 1. The van der Waals surface area contributed by atoms with Gasteiger partial charge in [-0.3, -0.25) is 14.3 Å². The van der Waals surface area contributed by atoms with E-state index >= 15 is 0 Å². The summed E-state index contributed by atoms with van der Waals surface area (Å²) in [7, 11) is -2.60. The monoisotopic (exact) mass is 558 g/mol. The molecule has 1 N–H and O–H groups in total. The van der Waals surface area contributed by atoms with Crippen LogP contribution in [0.25, 0.3) is 5.57 Å². The van der Waals surface area contributed by atoms with E-state index in [-0.39, 0.29) is 34.0 Å². The molecule has 2 aromatic carbocycles. The van der Waals surface area contributed by atoms with Crippen molar-refractivity contribution < 1.29 is 37.1 Å². The van der Waals surface area contributed by atoms with Gasteiger partial charge in [-0.25, -0.2) is 13.2 Å². The van der Waals surface area contributed by atoms with Gasteiger partial charge in [0.15, 0.2) is 0 Å². The second-order valence-electron chi connectivity index (χ2n) is 11.0. The number of ether oxygens (including phenoxy) is 2. The van der Waals surface area contributed by atoms with E-state index in [1.807, 2.05) is 0 Å². The van der Waals surface area contributed by atoms with Gasteiger partial charge in [0.1, 0.15) is 11.5 Å². The first kappa shape index (κ1) is 29.7. The van der Waals surface area contributed by atoms with Gasteiger partial charge in [-0.15, -0.1) is 5.06 Å². The van der Waals surface area contributed by atoms with Crippen LogP contribution in [0.4, 0.5) is 11.4 Å². The number of hydrogen-bond acceptors (Lipinski definition) is 8. The molecule has 0 atom stereocenters. The Kier molecular flexibility index (Phi) is 8.16. The zero-order chi connectivity index (χ0) is 29.3. The van der Waals surface area contributed by atoms with Crippen molar-refractivity contribution in [3.05, 3.63) is 53.8 Å². The molecule has 2 aromatic rings. The molecule has 0 bridgehead atoms. The number of carbonyl (C=O) groups is 3. The van der Waals surface area contributed by atoms with Gasteiger partial charge >= 0.3 is 11.9 Å². The Hall–Kier alpha value is -3.86. The largest absolute Gasteiger partial charge is 0.497 e. The van der Waals surface area contributed by atoms with E-state index in [2.05, 4.69) is 4.72 Å². The van der Waals surface area contributed by atoms with Crippen LogP contribution < -0.4 is 14.5 Å². The van der Waals surface area contributed by atoms with Gasteiger partial charge in [-0.05, 0) is 71.9 Å². The van der Waals surface area contributed by atoms with Gasteiger partial charge in [0, 0.05) is 18.1 Å². The van der Waals surface area contributed by atoms with E-state index in [1.54, 1.807) is 60.6 Å². The minimum absolute atomic E-state index is 0.0302. The van der Waals surface area contributed by atoms with Gasteiger partial charge in [0.05, 0.1) is 39.8 Å². The summed E-state index contributed by atoms with van der Waals surface area (Å²) >= 11 is 0. The number of amides is 1. The number of allylic oxidation sites excluding steroid dienone is 1. The first-order valence-electron chi connectivity index (χ1n) is 12.3. The van der Waals surface area contributed by atoms with Gasteiger partial charge in [0.25, 0.3) is 15.9 Å². The van der Waals surface area contributed by atoms with Crippen LogP contribution >= 0.6 is 0 Å². The summed E-state index contributed by atoms with van der Waals surface area (Å²) in [6.07, 6.45) is 0.202. The van der Waals surface area contributed by atoms with Crippen LogP contribution in [0, 0.1) is 10.8 Å². The SMILES string of the molecule is CC/C(OC(=O)C(C)(C)C)=C1/C(=O)N(OC(=O)C(C)(C)C)c2cc(NS(=O)(=O)c3cccc(OC)c3)ccc21. The Labute approximate surface area is 228 Å². The molecule has 1 aliphatic rings. The number of fused-ring (bicyclic) bond motifs is 1. The van der Waals surface area contributed by atoms with Crippen LogP contribution in [-0.4, -0.2) is 33.4 Å². The predicted molar refractivity (Wildman–Crippen MR) is 146 cm³/mol. The van der Waals surface area contributed by atoms with Crippen molar-refractivity contribution in [1.29, 1.82) is 0 Å². The second-order valence-corrected chi connectivity index (χ2v) is 12.7. The number of sulfonamides is 1. The minimum atomic E-state index is -4.03. The summed E-state index contributed by atoms with van der Waals surface area (Å²) < 4.78 is 39.3. The topological polar surface area (TPSA) is 128 Å². The summed E-state index contributed by atoms with van der Waals surface area (Å²) in [5.41, 5.74) is -1.15. The first-order valence-corrected chi connectivity index (χ1v) is 13.8. The van der Waals surface area contributed by atoms with Gasteiger partial charge < -0.3 is 14.3 Å². The van der Waals surface area contributed by atoms with Gasteiger partial charge in [-0.1, -0.05) is 13.0 Å². The molecular weight excluding hydrogens is 524 g/mol. The Bertz CT molecular complexity index is 1450. The number of anilines is 2. The summed E-state index contributed by atoms with van der Waals surface area (Å²) in [5.74, 6) is -1.46. The molecule has 0 spiro atoms. The zero-order valence-electron chi connectivity index (χ0n) is 23.4. The number of nitrogens with zero attached hydrogens (tertiary/aromatic N) is 1. The van der Waals surface area contributed by atoms with Crippen LogP contribution in [0.15, 0.2) is 53.1 Å². The summed E-state index contributed by atoms with van der Waals surface area (Å²) in [4.78, 5) is 44.4. The van der Waals surface area contributed by atoms with Crippen molar-refractivity contribution >= 4 is 44.8 Å². The molecule has 0 radical (unpaired) electrons. The molecule has 1 amide bonds. The maximum atomic E-state index is 13.6. The van der Waals surface area contributed by atoms with E-state index in [0.717, 1.165) is 5.06 Å². The van der Waals surface area contributed by atoms with E-state index in [9.17, 15) is 22.8 Å². The van der Waals surface area contributed by atoms with Crippen molar-refractivity contribution in [1.82, 2.24) is 0 Å². The summed E-state index contributed by atoms with van der Waals surface area (Å²) in [5, 5.41) is 0.808. The van der Waals surface area contributed by atoms with Crippen LogP contribution in [0.3, 0.4) is 0 Å². The number of hydroxylamine groups is 1. The van der Waals surface area contributed by atoms with Crippen molar-refractivity contribution in [3.8, 4) is 5.75 Å². The van der Waals surface area contributed by atoms with Crippen LogP contribution in [-0.2, 0) is 34.0 Å². The predicted octanol–water partition coefficient (Wildman–Crippen LogP) is 5.06. The van der Waals surface area contributed by atoms with Crippen molar-refractivity contribution in [2.75, 3.05) is 16.9 Å². The average molecular weight is 559 g/mol. The molecule has 1 heterocycles. The Morgan fingerprint density at radius 1 is 0.949 bits per heavy atom. The number of nitrogens with one attached hydrogen (secondary N) is 1. The number of hydrogen-bond donors (Lipinski definition) is 1. The molecule has 0 aromatic heterocycles. The smallest absolute Gasteiger partial charge is 0.338 e. The van der Waals surface area contributed by atoms with E-state index in [0.29, 0.717) is 11.3 Å². The molecule has 1 aliphatic heterocycles. The highest BCUT2D eigenvalue weighted by atomic mass is 32.2. The lowest BCUT2D eigenvalue weighted by Crippen LogP contribution is -2.35. The molecule has 39 heavy (non-hydrogen) atoms. The summed E-state index contributed by atoms with van der Waals surface area (Å²) in [6.45, 7) is 11.7.